The molecule has 8 nitrogen and oxygen atoms in total. The fourth-order valence-electron chi connectivity index (χ4n) is 4.41. The summed E-state index contributed by atoms with van der Waals surface area (Å²) in [6, 6.07) is 5.96. The Morgan fingerprint density at radius 3 is 2.76 bits per heavy atom. The van der Waals surface area contributed by atoms with E-state index in [1.807, 2.05) is 18.2 Å². The van der Waals surface area contributed by atoms with E-state index in [1.54, 1.807) is 0 Å². The molecule has 2 fully saturated rings. The molecule has 2 saturated heterocycles. The molecular weight excluding hydrogens is 396 g/mol. The summed E-state index contributed by atoms with van der Waals surface area (Å²) in [7, 11) is -3.28. The Labute approximate surface area is 171 Å². The quantitative estimate of drug-likeness (QED) is 0.765. The molecule has 29 heavy (non-hydrogen) atoms. The van der Waals surface area contributed by atoms with Crippen molar-refractivity contribution in [1.82, 2.24) is 9.62 Å². The van der Waals surface area contributed by atoms with Gasteiger partial charge in [0.05, 0.1) is 12.2 Å². The number of hydrogen-bond donors (Lipinski definition) is 1. The van der Waals surface area contributed by atoms with Crippen LogP contribution in [0, 0.1) is 5.92 Å². The highest BCUT2D eigenvalue weighted by atomic mass is 32.2. The first-order valence-electron chi connectivity index (χ1n) is 10.1. The van der Waals surface area contributed by atoms with Gasteiger partial charge < -0.3 is 19.5 Å². The number of ether oxygens (including phenoxy) is 3. The monoisotopic (exact) mass is 424 g/mol. The maximum absolute atomic E-state index is 12.9. The lowest BCUT2D eigenvalue weighted by atomic mass is 9.74. The van der Waals surface area contributed by atoms with E-state index in [0.717, 1.165) is 29.9 Å². The molecule has 0 bridgehead atoms. The third-order valence-corrected chi connectivity index (χ3v) is 7.53. The average Bonchev–Trinajstić information content (AvgIpc) is 3.20. The van der Waals surface area contributed by atoms with Gasteiger partial charge in [-0.2, -0.15) is 0 Å². The van der Waals surface area contributed by atoms with Gasteiger partial charge in [-0.3, -0.25) is 4.79 Å². The molecule has 1 aromatic rings. The zero-order valence-electron chi connectivity index (χ0n) is 16.7. The molecule has 1 aromatic carbocycles. The van der Waals surface area contributed by atoms with E-state index in [1.165, 1.54) is 10.6 Å². The van der Waals surface area contributed by atoms with Crippen LogP contribution in [0.5, 0.6) is 11.5 Å². The SMILES string of the molecule is CS(=O)(=O)N1CCCC(C(=O)NCC2(c3ccc4c(c3)OCO4)CCOCC2)C1. The van der Waals surface area contributed by atoms with E-state index in [4.69, 9.17) is 14.2 Å². The van der Waals surface area contributed by atoms with Gasteiger partial charge in [0.25, 0.3) is 0 Å². The third kappa shape index (κ3) is 4.36. The number of rotatable bonds is 5. The molecule has 9 heteroatoms. The van der Waals surface area contributed by atoms with Gasteiger partial charge in [0.15, 0.2) is 11.5 Å². The fraction of sp³-hybridized carbons (Fsp3) is 0.650. The predicted octanol–water partition coefficient (Wildman–Crippen LogP) is 1.25. The lowest BCUT2D eigenvalue weighted by Crippen LogP contribution is -2.49. The largest absolute Gasteiger partial charge is 0.454 e. The summed E-state index contributed by atoms with van der Waals surface area (Å²) in [4.78, 5) is 12.9. The number of sulfonamides is 1. The van der Waals surface area contributed by atoms with Crippen molar-refractivity contribution in [2.24, 2.45) is 5.92 Å². The molecule has 0 radical (unpaired) electrons. The topological polar surface area (TPSA) is 94.2 Å². The predicted molar refractivity (Wildman–Crippen MR) is 106 cm³/mol. The summed E-state index contributed by atoms with van der Waals surface area (Å²) in [5.74, 6) is 1.08. The Kier molecular flexibility index (Phi) is 5.72. The van der Waals surface area contributed by atoms with Gasteiger partial charge in [0.1, 0.15) is 0 Å². The van der Waals surface area contributed by atoms with Crippen LogP contribution in [0.3, 0.4) is 0 Å². The molecule has 1 unspecified atom stereocenters. The maximum Gasteiger partial charge on any atom is 0.231 e. The van der Waals surface area contributed by atoms with Crippen LogP contribution in [0.15, 0.2) is 18.2 Å². The second-order valence-corrected chi connectivity index (χ2v) is 10.1. The Bertz CT molecular complexity index is 866. The van der Waals surface area contributed by atoms with Crippen molar-refractivity contribution in [3.05, 3.63) is 23.8 Å². The van der Waals surface area contributed by atoms with Crippen LogP contribution in [0.4, 0.5) is 0 Å². The highest BCUT2D eigenvalue weighted by Gasteiger charge is 2.37. The first kappa shape index (κ1) is 20.4. The van der Waals surface area contributed by atoms with Crippen LogP contribution in [0.2, 0.25) is 0 Å². The third-order valence-electron chi connectivity index (χ3n) is 6.26. The van der Waals surface area contributed by atoms with E-state index < -0.39 is 10.0 Å². The highest BCUT2D eigenvalue weighted by Crippen LogP contribution is 2.40. The summed E-state index contributed by atoms with van der Waals surface area (Å²) in [6.07, 6.45) is 4.20. The van der Waals surface area contributed by atoms with Gasteiger partial charge in [-0.25, -0.2) is 12.7 Å². The number of carbonyl (C=O) groups is 1. The molecule has 3 heterocycles. The highest BCUT2D eigenvalue weighted by molar-refractivity contribution is 7.88. The number of nitrogens with zero attached hydrogens (tertiary/aromatic N) is 1. The average molecular weight is 425 g/mol. The second-order valence-electron chi connectivity index (χ2n) is 8.14. The van der Waals surface area contributed by atoms with E-state index in [9.17, 15) is 13.2 Å². The minimum atomic E-state index is -3.28. The summed E-state index contributed by atoms with van der Waals surface area (Å²) in [6.45, 7) is 2.73. The summed E-state index contributed by atoms with van der Waals surface area (Å²) in [5.41, 5.74) is 0.867. The van der Waals surface area contributed by atoms with Crippen molar-refractivity contribution in [1.29, 1.82) is 0 Å². The molecule has 3 aliphatic rings. The minimum Gasteiger partial charge on any atom is -0.454 e. The van der Waals surface area contributed by atoms with E-state index in [2.05, 4.69) is 5.32 Å². The van der Waals surface area contributed by atoms with Crippen LogP contribution >= 0.6 is 0 Å². The van der Waals surface area contributed by atoms with Crippen molar-refractivity contribution in [2.45, 2.75) is 31.1 Å². The molecule has 160 valence electrons. The number of benzene rings is 1. The van der Waals surface area contributed by atoms with Crippen LogP contribution in [0.1, 0.15) is 31.2 Å². The molecule has 4 rings (SSSR count). The van der Waals surface area contributed by atoms with Crippen molar-refractivity contribution in [3.63, 3.8) is 0 Å². The van der Waals surface area contributed by atoms with Gasteiger partial charge >= 0.3 is 0 Å². The van der Waals surface area contributed by atoms with Gasteiger partial charge in [-0.05, 0) is 43.4 Å². The van der Waals surface area contributed by atoms with Gasteiger partial charge in [0, 0.05) is 38.3 Å². The van der Waals surface area contributed by atoms with Gasteiger partial charge in [0.2, 0.25) is 22.7 Å². The number of carbonyl (C=O) groups excluding carboxylic acids is 1. The van der Waals surface area contributed by atoms with Crippen molar-refractivity contribution < 1.29 is 27.4 Å². The van der Waals surface area contributed by atoms with E-state index in [0.29, 0.717) is 39.1 Å². The molecule has 0 spiro atoms. The molecule has 1 atom stereocenters. The first-order chi connectivity index (χ1) is 13.9. The Balaban J connectivity index is 1.47. The minimum absolute atomic E-state index is 0.0787. The lowest BCUT2D eigenvalue weighted by molar-refractivity contribution is -0.126. The molecule has 1 amide bonds. The standard InChI is InChI=1S/C20H28N2O6S/c1-29(24,25)22-8-2-3-15(12-22)19(23)21-13-20(6-9-26-10-7-20)16-4-5-17-18(11-16)28-14-27-17/h4-5,11,15H,2-3,6-10,12-14H2,1H3,(H,21,23). The molecule has 1 N–H and O–H groups in total. The van der Waals surface area contributed by atoms with E-state index in [-0.39, 0.29) is 30.6 Å². The smallest absolute Gasteiger partial charge is 0.231 e. The fourth-order valence-corrected chi connectivity index (χ4v) is 5.33. The Morgan fingerprint density at radius 1 is 1.24 bits per heavy atom. The van der Waals surface area contributed by atoms with Gasteiger partial charge in [-0.1, -0.05) is 6.07 Å². The molecular formula is C20H28N2O6S. The summed E-state index contributed by atoms with van der Waals surface area (Å²) >= 11 is 0. The number of amides is 1. The number of nitrogens with one attached hydrogen (secondary N) is 1. The Morgan fingerprint density at radius 2 is 2.00 bits per heavy atom. The number of fused-ring (bicyclic) bond motifs is 1. The molecule has 0 aliphatic carbocycles. The second kappa shape index (κ2) is 8.12. The Hall–Kier alpha value is -1.84. The zero-order chi connectivity index (χ0) is 20.5. The van der Waals surface area contributed by atoms with Crippen LogP contribution < -0.4 is 14.8 Å². The zero-order valence-corrected chi connectivity index (χ0v) is 17.5. The van der Waals surface area contributed by atoms with Crippen molar-refractivity contribution >= 4 is 15.9 Å². The number of hydrogen-bond acceptors (Lipinski definition) is 6. The first-order valence-corrected chi connectivity index (χ1v) is 11.9. The summed E-state index contributed by atoms with van der Waals surface area (Å²) in [5, 5.41) is 3.11. The lowest BCUT2D eigenvalue weighted by Gasteiger charge is -2.38. The maximum atomic E-state index is 12.9. The molecule has 0 aromatic heterocycles. The van der Waals surface area contributed by atoms with Crippen LogP contribution in [-0.4, -0.2) is 64.5 Å². The van der Waals surface area contributed by atoms with E-state index >= 15 is 0 Å². The normalized spacial score (nSPS) is 24.2. The summed E-state index contributed by atoms with van der Waals surface area (Å²) < 4.78 is 41.6. The molecule has 3 aliphatic heterocycles. The van der Waals surface area contributed by atoms with Gasteiger partial charge in [-0.15, -0.1) is 0 Å². The number of piperidine rings is 1. The van der Waals surface area contributed by atoms with Crippen molar-refractivity contribution in [3.8, 4) is 11.5 Å². The van der Waals surface area contributed by atoms with Crippen molar-refractivity contribution in [2.75, 3.05) is 45.9 Å². The molecule has 0 saturated carbocycles. The van der Waals surface area contributed by atoms with Crippen LogP contribution in [0.25, 0.3) is 0 Å². The van der Waals surface area contributed by atoms with Crippen LogP contribution in [-0.2, 0) is 25.0 Å².